The van der Waals surface area contributed by atoms with Gasteiger partial charge in [0.1, 0.15) is 12.0 Å². The number of benzene rings is 3. The van der Waals surface area contributed by atoms with Crippen LogP contribution in [0.1, 0.15) is 22.1 Å². The number of carbonyl (C=O) groups excluding carboxylic acids is 1. The molecule has 0 saturated heterocycles. The van der Waals surface area contributed by atoms with Gasteiger partial charge in [0.2, 0.25) is 0 Å². The summed E-state index contributed by atoms with van der Waals surface area (Å²) < 4.78 is 38.0. The Bertz CT molecular complexity index is 1160. The van der Waals surface area contributed by atoms with E-state index >= 15 is 0 Å². The standard InChI is InChI=1S/C21H17FN2O3S/c1-28(26,27)15-12-10-14(11-13-15)24-20(16-6-2-4-8-18(16)22)23-19-9-5-3-7-17(19)21(24)25/h2-13,20,23H,1H3. The Kier molecular flexibility index (Phi) is 4.39. The summed E-state index contributed by atoms with van der Waals surface area (Å²) in [4.78, 5) is 14.8. The second-order valence-electron chi connectivity index (χ2n) is 6.56. The van der Waals surface area contributed by atoms with Gasteiger partial charge >= 0.3 is 0 Å². The summed E-state index contributed by atoms with van der Waals surface area (Å²) in [6.45, 7) is 0. The normalized spacial score (nSPS) is 16.4. The van der Waals surface area contributed by atoms with E-state index in [0.29, 0.717) is 22.5 Å². The highest BCUT2D eigenvalue weighted by Gasteiger charge is 2.35. The molecule has 4 rings (SSSR count). The van der Waals surface area contributed by atoms with Crippen molar-refractivity contribution < 1.29 is 17.6 Å². The van der Waals surface area contributed by atoms with Gasteiger partial charge in [-0.2, -0.15) is 0 Å². The highest BCUT2D eigenvalue weighted by Crippen LogP contribution is 2.37. The molecule has 0 aromatic heterocycles. The van der Waals surface area contributed by atoms with Gasteiger partial charge in [-0.3, -0.25) is 9.69 Å². The number of hydrogen-bond acceptors (Lipinski definition) is 4. The number of halogens is 1. The topological polar surface area (TPSA) is 66.5 Å². The fourth-order valence-electron chi connectivity index (χ4n) is 3.29. The highest BCUT2D eigenvalue weighted by atomic mass is 32.2. The zero-order chi connectivity index (χ0) is 19.9. The van der Waals surface area contributed by atoms with Gasteiger partial charge in [0.15, 0.2) is 9.84 Å². The van der Waals surface area contributed by atoms with E-state index < -0.39 is 21.8 Å². The van der Waals surface area contributed by atoms with Crippen LogP contribution in [0.4, 0.5) is 15.8 Å². The maximum Gasteiger partial charge on any atom is 0.262 e. The Balaban J connectivity index is 1.86. The first kappa shape index (κ1) is 18.2. The lowest BCUT2D eigenvalue weighted by Crippen LogP contribution is -2.43. The molecule has 28 heavy (non-hydrogen) atoms. The van der Waals surface area contributed by atoms with E-state index in [1.54, 1.807) is 54.6 Å². The molecule has 1 amide bonds. The van der Waals surface area contributed by atoms with Gasteiger partial charge in [-0.05, 0) is 42.5 Å². The number of rotatable bonds is 3. The van der Waals surface area contributed by atoms with Crippen LogP contribution in [-0.2, 0) is 9.84 Å². The van der Waals surface area contributed by atoms with Crippen LogP contribution in [0.5, 0.6) is 0 Å². The van der Waals surface area contributed by atoms with E-state index in [1.165, 1.54) is 23.1 Å². The van der Waals surface area contributed by atoms with Crippen LogP contribution in [0.15, 0.2) is 77.7 Å². The molecule has 0 fully saturated rings. The van der Waals surface area contributed by atoms with Gasteiger partial charge in [-0.1, -0.05) is 30.3 Å². The van der Waals surface area contributed by atoms with E-state index in [0.717, 1.165) is 6.26 Å². The summed E-state index contributed by atoms with van der Waals surface area (Å²) in [5, 5.41) is 3.22. The molecular weight excluding hydrogens is 379 g/mol. The predicted octanol–water partition coefficient (Wildman–Crippen LogP) is 4.00. The van der Waals surface area contributed by atoms with E-state index in [1.807, 2.05) is 0 Å². The largest absolute Gasteiger partial charge is 0.360 e. The van der Waals surface area contributed by atoms with Gasteiger partial charge in [-0.15, -0.1) is 0 Å². The molecule has 0 spiro atoms. The van der Waals surface area contributed by atoms with Crippen LogP contribution in [-0.4, -0.2) is 20.6 Å². The molecule has 1 atom stereocenters. The molecule has 7 heteroatoms. The first-order chi connectivity index (χ1) is 13.4. The molecule has 0 aliphatic carbocycles. The maximum atomic E-state index is 14.5. The average Bonchev–Trinajstić information content (AvgIpc) is 2.68. The fourth-order valence-corrected chi connectivity index (χ4v) is 3.92. The Morgan fingerprint density at radius 3 is 2.25 bits per heavy atom. The lowest BCUT2D eigenvalue weighted by atomic mass is 10.0. The SMILES string of the molecule is CS(=O)(=O)c1ccc(N2C(=O)c3ccccc3NC2c2ccccc2F)cc1. The lowest BCUT2D eigenvalue weighted by molar-refractivity contribution is 0.0974. The molecule has 1 N–H and O–H groups in total. The van der Waals surface area contributed by atoms with Gasteiger partial charge in [0, 0.05) is 23.2 Å². The summed E-state index contributed by atoms with van der Waals surface area (Å²) in [5.41, 5.74) is 1.86. The minimum Gasteiger partial charge on any atom is -0.360 e. The Morgan fingerprint density at radius 2 is 1.57 bits per heavy atom. The van der Waals surface area contributed by atoms with Gasteiger partial charge < -0.3 is 5.32 Å². The van der Waals surface area contributed by atoms with Crippen LogP contribution >= 0.6 is 0 Å². The number of nitrogens with zero attached hydrogens (tertiary/aromatic N) is 1. The maximum absolute atomic E-state index is 14.5. The summed E-state index contributed by atoms with van der Waals surface area (Å²) in [6, 6.07) is 19.3. The lowest BCUT2D eigenvalue weighted by Gasteiger charge is -2.38. The number of hydrogen-bond donors (Lipinski definition) is 1. The van der Waals surface area contributed by atoms with Crippen LogP contribution in [0.25, 0.3) is 0 Å². The molecule has 1 aliphatic heterocycles. The molecule has 1 unspecified atom stereocenters. The second-order valence-corrected chi connectivity index (χ2v) is 8.57. The molecule has 0 bridgehead atoms. The van der Waals surface area contributed by atoms with E-state index in [2.05, 4.69) is 5.32 Å². The summed E-state index contributed by atoms with van der Waals surface area (Å²) >= 11 is 0. The number of sulfone groups is 1. The zero-order valence-corrected chi connectivity index (χ0v) is 15.8. The minimum absolute atomic E-state index is 0.150. The molecule has 0 radical (unpaired) electrons. The van der Waals surface area contributed by atoms with Crippen molar-refractivity contribution in [3.05, 3.63) is 89.7 Å². The van der Waals surface area contributed by atoms with Crippen LogP contribution in [0.3, 0.4) is 0 Å². The van der Waals surface area contributed by atoms with E-state index in [-0.39, 0.29) is 10.8 Å². The van der Waals surface area contributed by atoms with Gasteiger partial charge in [0.25, 0.3) is 5.91 Å². The molecular formula is C21H17FN2O3S. The monoisotopic (exact) mass is 396 g/mol. The molecule has 3 aromatic carbocycles. The third-order valence-electron chi connectivity index (χ3n) is 4.67. The Morgan fingerprint density at radius 1 is 0.929 bits per heavy atom. The summed E-state index contributed by atoms with van der Waals surface area (Å²) in [7, 11) is -3.36. The zero-order valence-electron chi connectivity index (χ0n) is 15.0. The van der Waals surface area contributed by atoms with E-state index in [9.17, 15) is 17.6 Å². The number of fused-ring (bicyclic) bond motifs is 1. The molecule has 142 valence electrons. The predicted molar refractivity (Wildman–Crippen MR) is 106 cm³/mol. The fraction of sp³-hybridized carbons (Fsp3) is 0.0952. The smallest absolute Gasteiger partial charge is 0.262 e. The molecule has 1 aliphatic rings. The van der Waals surface area contributed by atoms with E-state index in [4.69, 9.17) is 0 Å². The van der Waals surface area contributed by atoms with Gasteiger partial charge in [0.05, 0.1) is 10.5 Å². The van der Waals surface area contributed by atoms with Crippen molar-refractivity contribution in [3.63, 3.8) is 0 Å². The van der Waals surface area contributed by atoms with Crippen molar-refractivity contribution in [3.8, 4) is 0 Å². The van der Waals surface area contributed by atoms with Crippen molar-refractivity contribution in [2.45, 2.75) is 11.1 Å². The first-order valence-corrected chi connectivity index (χ1v) is 10.5. The van der Waals surface area contributed by atoms with Crippen molar-refractivity contribution in [1.82, 2.24) is 0 Å². The number of nitrogens with one attached hydrogen (secondary N) is 1. The van der Waals surface area contributed by atoms with Crippen LogP contribution < -0.4 is 10.2 Å². The molecule has 5 nitrogen and oxygen atoms in total. The highest BCUT2D eigenvalue weighted by molar-refractivity contribution is 7.90. The second kappa shape index (κ2) is 6.76. The third kappa shape index (κ3) is 3.14. The van der Waals surface area contributed by atoms with Crippen molar-refractivity contribution in [2.75, 3.05) is 16.5 Å². The average molecular weight is 396 g/mol. The summed E-state index contributed by atoms with van der Waals surface area (Å²) in [6.07, 6.45) is 0.348. The van der Waals surface area contributed by atoms with Crippen molar-refractivity contribution in [1.29, 1.82) is 0 Å². The minimum atomic E-state index is -3.36. The molecule has 1 heterocycles. The third-order valence-corrected chi connectivity index (χ3v) is 5.80. The molecule has 0 saturated carbocycles. The Hall–Kier alpha value is -3.19. The van der Waals surface area contributed by atoms with Crippen LogP contribution in [0.2, 0.25) is 0 Å². The first-order valence-electron chi connectivity index (χ1n) is 8.60. The summed E-state index contributed by atoms with van der Waals surface area (Å²) in [5.74, 6) is -0.736. The van der Waals surface area contributed by atoms with Crippen molar-refractivity contribution >= 4 is 27.1 Å². The number of para-hydroxylation sites is 1. The van der Waals surface area contributed by atoms with Crippen LogP contribution in [0, 0.1) is 5.82 Å². The Labute approximate surface area is 162 Å². The number of amides is 1. The quantitative estimate of drug-likeness (QED) is 0.727. The van der Waals surface area contributed by atoms with Gasteiger partial charge in [-0.25, -0.2) is 12.8 Å². The number of anilines is 2. The van der Waals surface area contributed by atoms with Crippen molar-refractivity contribution in [2.24, 2.45) is 0 Å². The number of carbonyl (C=O) groups is 1. The molecule has 3 aromatic rings.